The minimum atomic E-state index is -3.92. The van der Waals surface area contributed by atoms with E-state index >= 15 is 0 Å². The molecule has 0 aliphatic carbocycles. The molecule has 1 aromatic carbocycles. The molecule has 2 aliphatic rings. The summed E-state index contributed by atoms with van der Waals surface area (Å²) in [6.07, 6.45) is 7.14. The summed E-state index contributed by atoms with van der Waals surface area (Å²) < 4.78 is 52.3. The molecule has 36 heavy (non-hydrogen) atoms. The number of rotatable bonds is 5. The molecule has 0 bridgehead atoms. The number of anilines is 2. The summed E-state index contributed by atoms with van der Waals surface area (Å²) in [6.45, 7) is 1.78. The molecule has 1 amide bonds. The van der Waals surface area contributed by atoms with Crippen molar-refractivity contribution in [1.29, 1.82) is 5.26 Å². The number of halogens is 3. The molecule has 2 aromatic rings. The van der Waals surface area contributed by atoms with Gasteiger partial charge >= 0.3 is 0 Å². The number of aromatic nitrogens is 2. The summed E-state index contributed by atoms with van der Waals surface area (Å²) >= 11 is 0. The van der Waals surface area contributed by atoms with E-state index in [0.717, 1.165) is 25.2 Å². The van der Waals surface area contributed by atoms with Gasteiger partial charge in [-0.05, 0) is 38.2 Å². The van der Waals surface area contributed by atoms with E-state index in [1.54, 1.807) is 6.20 Å². The van der Waals surface area contributed by atoms with E-state index in [9.17, 15) is 27.3 Å². The molecule has 0 radical (unpaired) electrons. The molecule has 13 heteroatoms. The third kappa shape index (κ3) is 5.84. The maximum atomic E-state index is 14.6. The van der Waals surface area contributed by atoms with E-state index in [0.29, 0.717) is 50.8 Å². The fraction of sp³-hybridized carbons (Fsp3) is 0.478. The lowest BCUT2D eigenvalue weighted by Gasteiger charge is -2.39. The van der Waals surface area contributed by atoms with Crippen LogP contribution in [-0.2, 0) is 14.6 Å². The Morgan fingerprint density at radius 3 is 2.42 bits per heavy atom. The highest BCUT2D eigenvalue weighted by Crippen LogP contribution is 2.28. The number of sulfone groups is 1. The number of nitrogens with one attached hydrogen (secondary N) is 1. The average Bonchev–Trinajstić information content (AvgIpc) is 3.02. The van der Waals surface area contributed by atoms with Crippen LogP contribution in [0, 0.1) is 23.0 Å². The zero-order valence-electron chi connectivity index (χ0n) is 19.7. The number of benzene rings is 1. The number of piperidine rings is 1. The van der Waals surface area contributed by atoms with Crippen molar-refractivity contribution in [1.82, 2.24) is 14.9 Å². The van der Waals surface area contributed by atoms with Crippen molar-refractivity contribution < 1.29 is 22.0 Å². The minimum Gasteiger partial charge on any atom is -0.371 e. The molecule has 1 unspecified atom stereocenters. The number of hydrogen-bond donors (Lipinski definition) is 1. The van der Waals surface area contributed by atoms with Gasteiger partial charge in [0.1, 0.15) is 28.6 Å². The van der Waals surface area contributed by atoms with Crippen molar-refractivity contribution in [3.05, 3.63) is 41.9 Å². The predicted molar refractivity (Wildman–Crippen MR) is 132 cm³/mol. The van der Waals surface area contributed by atoms with Gasteiger partial charge in [-0.2, -0.15) is 5.26 Å². The lowest BCUT2D eigenvalue weighted by atomic mass is 10.0. The van der Waals surface area contributed by atoms with Crippen LogP contribution in [0.1, 0.15) is 37.8 Å². The second kappa shape index (κ2) is 11.3. The quantitative estimate of drug-likeness (QED) is 0.615. The molecule has 1 aromatic heterocycles. The van der Waals surface area contributed by atoms with Crippen molar-refractivity contribution >= 4 is 39.7 Å². The highest BCUT2D eigenvalue weighted by molar-refractivity contribution is 7.90. The molecule has 2 fully saturated rings. The van der Waals surface area contributed by atoms with E-state index in [2.05, 4.69) is 21.4 Å². The van der Waals surface area contributed by atoms with Crippen LogP contribution >= 0.6 is 12.4 Å². The SMILES string of the molecule is CS(=O)(=O)c1cc(F)c(NC2CCCCN(C3CCN(c4nccnc4C#N)CC3)C2=O)cc1F.Cl. The Kier molecular flexibility index (Phi) is 8.68. The van der Waals surface area contributed by atoms with Crippen LogP contribution in [-0.4, -0.2) is 67.2 Å². The summed E-state index contributed by atoms with van der Waals surface area (Å²) in [7, 11) is -3.92. The van der Waals surface area contributed by atoms with Gasteiger partial charge in [0.2, 0.25) is 5.91 Å². The van der Waals surface area contributed by atoms with Crippen LogP contribution in [0.4, 0.5) is 20.3 Å². The third-order valence-electron chi connectivity index (χ3n) is 6.46. The molecule has 3 heterocycles. The monoisotopic (exact) mass is 540 g/mol. The molecular weight excluding hydrogens is 514 g/mol. The first-order valence-electron chi connectivity index (χ1n) is 11.4. The number of carbonyl (C=O) groups is 1. The van der Waals surface area contributed by atoms with E-state index in [1.807, 2.05) is 9.80 Å². The van der Waals surface area contributed by atoms with Crippen LogP contribution in [0.15, 0.2) is 29.4 Å². The number of amides is 1. The van der Waals surface area contributed by atoms with Gasteiger partial charge in [0, 0.05) is 50.4 Å². The highest BCUT2D eigenvalue weighted by atomic mass is 35.5. The van der Waals surface area contributed by atoms with Gasteiger partial charge in [0.15, 0.2) is 21.3 Å². The van der Waals surface area contributed by atoms with Crippen molar-refractivity contribution in [2.75, 3.05) is 36.1 Å². The maximum Gasteiger partial charge on any atom is 0.245 e. The third-order valence-corrected chi connectivity index (χ3v) is 7.58. The van der Waals surface area contributed by atoms with Crippen LogP contribution in [0.5, 0.6) is 0 Å². The number of nitrogens with zero attached hydrogens (tertiary/aromatic N) is 5. The molecule has 194 valence electrons. The average molecular weight is 541 g/mol. The Bertz CT molecular complexity index is 1260. The zero-order valence-corrected chi connectivity index (χ0v) is 21.3. The van der Waals surface area contributed by atoms with Gasteiger partial charge < -0.3 is 15.1 Å². The summed E-state index contributed by atoms with van der Waals surface area (Å²) in [4.78, 5) is 24.8. The molecule has 4 rings (SSSR count). The Labute approximate surface area is 214 Å². The van der Waals surface area contributed by atoms with Gasteiger partial charge in [0.05, 0.1) is 5.69 Å². The van der Waals surface area contributed by atoms with Crippen LogP contribution in [0.3, 0.4) is 0 Å². The minimum absolute atomic E-state index is 0. The topological polar surface area (TPSA) is 119 Å². The first kappa shape index (κ1) is 27.5. The normalized spacial score (nSPS) is 19.3. The molecule has 9 nitrogen and oxygen atoms in total. The van der Waals surface area contributed by atoms with Crippen LogP contribution < -0.4 is 10.2 Å². The summed E-state index contributed by atoms with van der Waals surface area (Å²) in [5.74, 6) is -1.65. The maximum absolute atomic E-state index is 14.6. The lowest BCUT2D eigenvalue weighted by molar-refractivity contribution is -0.134. The number of nitriles is 1. The smallest absolute Gasteiger partial charge is 0.245 e. The molecule has 1 atom stereocenters. The molecular formula is C23H27ClF2N6O3S. The first-order valence-corrected chi connectivity index (χ1v) is 13.3. The van der Waals surface area contributed by atoms with Gasteiger partial charge in [0.25, 0.3) is 0 Å². The lowest BCUT2D eigenvalue weighted by Crippen LogP contribution is -2.51. The first-order chi connectivity index (χ1) is 16.7. The molecule has 2 aliphatic heterocycles. The number of carbonyl (C=O) groups excluding carboxylic acids is 1. The van der Waals surface area contributed by atoms with Gasteiger partial charge in [-0.15, -0.1) is 12.4 Å². The molecule has 1 N–H and O–H groups in total. The van der Waals surface area contributed by atoms with Gasteiger partial charge in [-0.1, -0.05) is 0 Å². The van der Waals surface area contributed by atoms with Crippen LogP contribution in [0.2, 0.25) is 0 Å². The molecule has 0 spiro atoms. The van der Waals surface area contributed by atoms with Crippen molar-refractivity contribution in [2.24, 2.45) is 0 Å². The molecule has 2 saturated heterocycles. The Morgan fingerprint density at radius 2 is 1.75 bits per heavy atom. The standard InChI is InChI=1S/C23H26F2N6O3S.ClH/c1-35(33,34)21-13-16(24)19(12-17(21)25)29-18-4-2-3-9-31(23(18)32)15-5-10-30(11-6-15)22-20(14-26)27-7-8-28-22;/h7-8,12-13,15,18,29H,2-6,9-11H2,1H3;1H. The summed E-state index contributed by atoms with van der Waals surface area (Å²) in [6, 6.07) is 2.71. The van der Waals surface area contributed by atoms with E-state index in [-0.39, 0.29) is 35.7 Å². The van der Waals surface area contributed by atoms with Crippen LogP contribution in [0.25, 0.3) is 0 Å². The fourth-order valence-corrected chi connectivity index (χ4v) is 5.43. The Morgan fingerprint density at radius 1 is 1.06 bits per heavy atom. The number of likely N-dealkylation sites (tertiary alicyclic amines) is 1. The van der Waals surface area contributed by atoms with Crippen molar-refractivity contribution in [3.63, 3.8) is 0 Å². The van der Waals surface area contributed by atoms with Gasteiger partial charge in [-0.3, -0.25) is 4.79 Å². The largest absolute Gasteiger partial charge is 0.371 e. The number of hydrogen-bond acceptors (Lipinski definition) is 8. The Balaban J connectivity index is 0.00000361. The molecule has 0 saturated carbocycles. The fourth-order valence-electron chi connectivity index (χ4n) is 4.70. The highest BCUT2D eigenvalue weighted by Gasteiger charge is 2.34. The summed E-state index contributed by atoms with van der Waals surface area (Å²) in [5, 5.41) is 12.1. The van der Waals surface area contributed by atoms with Crippen molar-refractivity contribution in [2.45, 2.75) is 49.1 Å². The van der Waals surface area contributed by atoms with Gasteiger partial charge in [-0.25, -0.2) is 27.2 Å². The predicted octanol–water partition coefficient (Wildman–Crippen LogP) is 2.91. The van der Waals surface area contributed by atoms with E-state index in [1.165, 1.54) is 6.20 Å². The summed E-state index contributed by atoms with van der Waals surface area (Å²) in [5.41, 5.74) is 0.0221. The van der Waals surface area contributed by atoms with E-state index < -0.39 is 32.4 Å². The Hall–Kier alpha value is -3.04. The zero-order chi connectivity index (χ0) is 25.2. The second-order valence-electron chi connectivity index (χ2n) is 8.82. The van der Waals surface area contributed by atoms with Crippen molar-refractivity contribution in [3.8, 4) is 6.07 Å². The van der Waals surface area contributed by atoms with E-state index in [4.69, 9.17) is 0 Å². The second-order valence-corrected chi connectivity index (χ2v) is 10.8.